The second-order valence-corrected chi connectivity index (χ2v) is 20.8. The van der Waals surface area contributed by atoms with Gasteiger partial charge in [0.05, 0.1) is 33.8 Å². The van der Waals surface area contributed by atoms with Gasteiger partial charge in [0.15, 0.2) is 19.1 Å². The molecule has 1 fully saturated rings. The number of para-hydroxylation sites is 1. The number of aromatic nitrogens is 3. The Morgan fingerprint density at radius 2 is 1.65 bits per heavy atom. The standard InChI is InChI=1S/C33H46Cl3N5O4Si/c1-19(2)22-14-12-13-15-23(22)41-29-24(25(34)26(35)27(36)37-29)28(38-30(41)42)40-16-20(3)39(31(43)45-32(4,5)6)17-21(40)18-44-46(10,11)33(7,8)9/h12-15,19-21H,16-18H2,1-11H3/t20-,21-/m1/s1. The SMILES string of the molecule is CC(C)c1ccccc1-n1c(=O)nc(N2C[C@@H](C)N(C(=O)OC(C)(C)C)C[C@@H]2CO[Si](C)(C)C(C)(C)C)c2c(Cl)c(Cl)c(Cl)nc21. The van der Waals surface area contributed by atoms with Gasteiger partial charge in [-0.25, -0.2) is 19.1 Å². The van der Waals surface area contributed by atoms with Gasteiger partial charge in [-0.2, -0.15) is 4.98 Å². The molecule has 0 aliphatic carbocycles. The Balaban J connectivity index is 1.95. The first-order valence-electron chi connectivity index (χ1n) is 15.6. The second-order valence-electron chi connectivity index (χ2n) is 14.9. The van der Waals surface area contributed by atoms with E-state index in [-0.39, 0.29) is 51.0 Å². The zero-order valence-corrected chi connectivity index (χ0v) is 31.9. The Labute approximate surface area is 288 Å². The number of carbonyl (C=O) groups excluding carboxylic acids is 1. The van der Waals surface area contributed by atoms with E-state index in [0.29, 0.717) is 23.4 Å². The first-order valence-corrected chi connectivity index (χ1v) is 19.7. The molecule has 0 radical (unpaired) electrons. The molecule has 1 aromatic carbocycles. The molecule has 2 atom stereocenters. The Hall–Kier alpha value is -2.37. The average molecular weight is 711 g/mol. The van der Waals surface area contributed by atoms with Crippen molar-refractivity contribution >= 4 is 66.1 Å². The summed E-state index contributed by atoms with van der Waals surface area (Å²) in [6.07, 6.45) is -0.412. The van der Waals surface area contributed by atoms with Gasteiger partial charge in [0, 0.05) is 19.1 Å². The summed E-state index contributed by atoms with van der Waals surface area (Å²) in [5.74, 6) is 0.420. The van der Waals surface area contributed by atoms with Crippen LogP contribution >= 0.6 is 34.8 Å². The van der Waals surface area contributed by atoms with Crippen LogP contribution in [0.15, 0.2) is 29.1 Å². The number of halogens is 3. The highest BCUT2D eigenvalue weighted by Gasteiger charge is 2.42. The number of hydrogen-bond donors (Lipinski definition) is 0. The van der Waals surface area contributed by atoms with Gasteiger partial charge in [-0.15, -0.1) is 0 Å². The van der Waals surface area contributed by atoms with Crippen molar-refractivity contribution in [3.63, 3.8) is 0 Å². The molecule has 3 aromatic rings. The predicted octanol–water partition coefficient (Wildman–Crippen LogP) is 8.70. The smallest absolute Gasteiger partial charge is 0.410 e. The summed E-state index contributed by atoms with van der Waals surface area (Å²) in [5.41, 5.74) is 0.613. The van der Waals surface area contributed by atoms with Crippen molar-refractivity contribution in [2.75, 3.05) is 24.6 Å². The lowest BCUT2D eigenvalue weighted by Gasteiger charge is -2.47. The summed E-state index contributed by atoms with van der Waals surface area (Å²) in [7, 11) is -2.21. The highest BCUT2D eigenvalue weighted by atomic mass is 35.5. The molecule has 252 valence electrons. The Morgan fingerprint density at radius 3 is 2.24 bits per heavy atom. The van der Waals surface area contributed by atoms with Crippen LogP contribution in [-0.2, 0) is 9.16 Å². The molecular weight excluding hydrogens is 665 g/mol. The van der Waals surface area contributed by atoms with Crippen LogP contribution in [0.25, 0.3) is 16.7 Å². The van der Waals surface area contributed by atoms with Gasteiger partial charge >= 0.3 is 11.8 Å². The van der Waals surface area contributed by atoms with Crippen LogP contribution in [0.2, 0.25) is 33.3 Å². The number of anilines is 1. The number of amides is 1. The normalized spacial score (nSPS) is 18.1. The van der Waals surface area contributed by atoms with Gasteiger partial charge in [0.2, 0.25) is 0 Å². The quantitative estimate of drug-likeness (QED) is 0.187. The number of benzene rings is 1. The van der Waals surface area contributed by atoms with Gasteiger partial charge in [-0.3, -0.25) is 0 Å². The molecule has 1 aliphatic heterocycles. The lowest BCUT2D eigenvalue weighted by Crippen LogP contribution is -2.62. The van der Waals surface area contributed by atoms with Crippen LogP contribution in [0.3, 0.4) is 0 Å². The zero-order chi connectivity index (χ0) is 34.5. The maximum absolute atomic E-state index is 14.1. The Bertz CT molecular complexity index is 1680. The Morgan fingerprint density at radius 1 is 1.02 bits per heavy atom. The van der Waals surface area contributed by atoms with Crippen LogP contribution in [0.4, 0.5) is 10.6 Å². The molecule has 0 spiro atoms. The molecule has 0 N–H and O–H groups in total. The molecule has 13 heteroatoms. The van der Waals surface area contributed by atoms with E-state index in [4.69, 9.17) is 44.0 Å². The van der Waals surface area contributed by atoms with Gasteiger partial charge in [-0.1, -0.05) is 87.6 Å². The molecule has 0 saturated carbocycles. The van der Waals surface area contributed by atoms with E-state index in [1.807, 2.05) is 56.9 Å². The Kier molecular flexibility index (Phi) is 10.5. The van der Waals surface area contributed by atoms with Gasteiger partial charge in [-0.05, 0) is 63.4 Å². The fourth-order valence-corrected chi connectivity index (χ4v) is 6.94. The van der Waals surface area contributed by atoms with E-state index in [0.717, 1.165) is 5.56 Å². The van der Waals surface area contributed by atoms with Gasteiger partial charge in [0.25, 0.3) is 0 Å². The highest BCUT2D eigenvalue weighted by molar-refractivity contribution is 6.74. The van der Waals surface area contributed by atoms with E-state index >= 15 is 0 Å². The summed E-state index contributed by atoms with van der Waals surface area (Å²) in [4.78, 5) is 40.5. The molecule has 46 heavy (non-hydrogen) atoms. The molecular formula is C33H46Cl3N5O4Si. The number of rotatable bonds is 6. The minimum absolute atomic E-state index is 0.0209. The van der Waals surface area contributed by atoms with Crippen LogP contribution in [0.5, 0.6) is 0 Å². The lowest BCUT2D eigenvalue weighted by molar-refractivity contribution is 0.0105. The minimum atomic E-state index is -2.21. The summed E-state index contributed by atoms with van der Waals surface area (Å²) < 4.78 is 13.9. The summed E-state index contributed by atoms with van der Waals surface area (Å²) in [6, 6.07) is 6.92. The number of piperazine rings is 1. The largest absolute Gasteiger partial charge is 0.444 e. The van der Waals surface area contributed by atoms with Crippen molar-refractivity contribution in [2.24, 2.45) is 0 Å². The van der Waals surface area contributed by atoms with Crippen molar-refractivity contribution < 1.29 is 14.0 Å². The molecule has 4 rings (SSSR count). The third-order valence-electron chi connectivity index (χ3n) is 8.83. The molecule has 2 aromatic heterocycles. The number of ether oxygens (including phenoxy) is 1. The first-order chi connectivity index (χ1) is 21.1. The lowest BCUT2D eigenvalue weighted by atomic mass is 10.0. The number of carbonyl (C=O) groups is 1. The molecule has 1 saturated heterocycles. The minimum Gasteiger partial charge on any atom is -0.444 e. The van der Waals surface area contributed by atoms with Crippen molar-refractivity contribution in [1.82, 2.24) is 19.4 Å². The molecule has 0 bridgehead atoms. The monoisotopic (exact) mass is 709 g/mol. The molecule has 1 amide bonds. The van der Waals surface area contributed by atoms with Crippen LogP contribution in [0.1, 0.15) is 73.8 Å². The summed E-state index contributed by atoms with van der Waals surface area (Å²) >= 11 is 20.1. The molecule has 3 heterocycles. The van der Waals surface area contributed by atoms with Crippen molar-refractivity contribution in [3.05, 3.63) is 55.5 Å². The summed E-state index contributed by atoms with van der Waals surface area (Å²) in [5, 5.41) is 0.533. The number of fused-ring (bicyclic) bond motifs is 1. The zero-order valence-electron chi connectivity index (χ0n) is 28.7. The predicted molar refractivity (Wildman–Crippen MR) is 191 cm³/mol. The van der Waals surface area contributed by atoms with E-state index in [9.17, 15) is 9.59 Å². The van der Waals surface area contributed by atoms with E-state index in [1.54, 1.807) is 4.90 Å². The van der Waals surface area contributed by atoms with E-state index in [2.05, 4.69) is 57.7 Å². The second kappa shape index (κ2) is 13.3. The highest BCUT2D eigenvalue weighted by Crippen LogP contribution is 2.41. The van der Waals surface area contributed by atoms with Crippen molar-refractivity contribution in [1.29, 1.82) is 0 Å². The fourth-order valence-electron chi connectivity index (χ4n) is 5.28. The first kappa shape index (κ1) is 36.5. The number of nitrogens with zero attached hydrogens (tertiary/aromatic N) is 5. The van der Waals surface area contributed by atoms with Crippen molar-refractivity contribution in [2.45, 2.75) is 104 Å². The molecule has 0 unspecified atom stereocenters. The van der Waals surface area contributed by atoms with Gasteiger partial charge < -0.3 is 19.0 Å². The van der Waals surface area contributed by atoms with Crippen LogP contribution < -0.4 is 10.6 Å². The number of hydrogen-bond acceptors (Lipinski definition) is 7. The van der Waals surface area contributed by atoms with Gasteiger partial charge in [0.1, 0.15) is 11.4 Å². The van der Waals surface area contributed by atoms with Crippen LogP contribution in [-0.4, -0.2) is 71.2 Å². The maximum atomic E-state index is 14.1. The van der Waals surface area contributed by atoms with E-state index in [1.165, 1.54) is 4.57 Å². The number of pyridine rings is 1. The maximum Gasteiger partial charge on any atom is 0.410 e. The fraction of sp³-hybridized carbons (Fsp3) is 0.576. The van der Waals surface area contributed by atoms with E-state index < -0.39 is 31.7 Å². The van der Waals surface area contributed by atoms with Crippen LogP contribution in [0, 0.1) is 0 Å². The third-order valence-corrected chi connectivity index (χ3v) is 14.5. The summed E-state index contributed by atoms with van der Waals surface area (Å²) in [6.45, 7) is 23.3. The van der Waals surface area contributed by atoms with Crippen molar-refractivity contribution in [3.8, 4) is 5.69 Å². The molecule has 9 nitrogen and oxygen atoms in total. The molecule has 1 aliphatic rings. The average Bonchev–Trinajstić information content (AvgIpc) is 2.93. The topological polar surface area (TPSA) is 89.8 Å². The third kappa shape index (κ3) is 7.36.